The van der Waals surface area contributed by atoms with Crippen molar-refractivity contribution in [1.82, 2.24) is 10.0 Å². The van der Waals surface area contributed by atoms with E-state index in [0.717, 1.165) is 5.56 Å². The van der Waals surface area contributed by atoms with Gasteiger partial charge in [0.1, 0.15) is 10.7 Å². The van der Waals surface area contributed by atoms with Gasteiger partial charge in [-0.25, -0.2) is 17.5 Å². The van der Waals surface area contributed by atoms with Gasteiger partial charge in [-0.15, -0.1) is 0 Å². The SMILES string of the molecule is CC(C)NCc1ccc(F)c(S(=O)(=O)NC(C)C)c1. The van der Waals surface area contributed by atoms with Crippen LogP contribution in [-0.4, -0.2) is 20.5 Å². The van der Waals surface area contributed by atoms with Gasteiger partial charge in [0.15, 0.2) is 0 Å². The van der Waals surface area contributed by atoms with E-state index in [-0.39, 0.29) is 17.0 Å². The number of nitrogens with one attached hydrogen (secondary N) is 2. The molecule has 0 aliphatic heterocycles. The normalized spacial score (nSPS) is 12.4. The van der Waals surface area contributed by atoms with Gasteiger partial charge in [-0.2, -0.15) is 0 Å². The lowest BCUT2D eigenvalue weighted by atomic mass is 10.2. The van der Waals surface area contributed by atoms with Gasteiger partial charge in [0.05, 0.1) is 0 Å². The fourth-order valence-electron chi connectivity index (χ4n) is 1.56. The van der Waals surface area contributed by atoms with Gasteiger partial charge in [-0.1, -0.05) is 19.9 Å². The highest BCUT2D eigenvalue weighted by atomic mass is 32.2. The summed E-state index contributed by atoms with van der Waals surface area (Å²) < 4.78 is 40.0. The van der Waals surface area contributed by atoms with Gasteiger partial charge >= 0.3 is 0 Å². The predicted octanol–water partition coefficient (Wildman–Crippen LogP) is 2.01. The quantitative estimate of drug-likeness (QED) is 0.842. The van der Waals surface area contributed by atoms with Crippen LogP contribution in [0.15, 0.2) is 23.1 Å². The first kappa shape index (κ1) is 16.1. The second-order valence-corrected chi connectivity index (χ2v) is 6.76. The molecule has 19 heavy (non-hydrogen) atoms. The fourth-order valence-corrected chi connectivity index (χ4v) is 2.94. The van der Waals surface area contributed by atoms with Crippen molar-refractivity contribution in [3.8, 4) is 0 Å². The summed E-state index contributed by atoms with van der Waals surface area (Å²) in [7, 11) is -3.80. The Morgan fingerprint density at radius 3 is 2.32 bits per heavy atom. The molecule has 0 unspecified atom stereocenters. The van der Waals surface area contributed by atoms with Crippen molar-refractivity contribution < 1.29 is 12.8 Å². The Labute approximate surface area is 114 Å². The van der Waals surface area contributed by atoms with E-state index in [9.17, 15) is 12.8 Å². The van der Waals surface area contributed by atoms with E-state index in [0.29, 0.717) is 6.54 Å². The first-order valence-corrected chi connectivity index (χ1v) is 7.75. The molecule has 0 amide bonds. The summed E-state index contributed by atoms with van der Waals surface area (Å²) in [6.07, 6.45) is 0. The maximum Gasteiger partial charge on any atom is 0.243 e. The van der Waals surface area contributed by atoms with Crippen LogP contribution < -0.4 is 10.0 Å². The van der Waals surface area contributed by atoms with E-state index in [1.807, 2.05) is 13.8 Å². The third-order valence-electron chi connectivity index (χ3n) is 2.39. The van der Waals surface area contributed by atoms with E-state index in [4.69, 9.17) is 0 Å². The molecular weight excluding hydrogens is 267 g/mol. The van der Waals surface area contributed by atoms with E-state index in [2.05, 4.69) is 10.0 Å². The summed E-state index contributed by atoms with van der Waals surface area (Å²) in [5.41, 5.74) is 0.735. The molecule has 6 heteroatoms. The molecule has 4 nitrogen and oxygen atoms in total. The standard InChI is InChI=1S/C13H21FN2O2S/c1-9(2)15-8-11-5-6-12(14)13(7-11)19(17,18)16-10(3)4/h5-7,9-10,15-16H,8H2,1-4H3. The van der Waals surface area contributed by atoms with Crippen LogP contribution >= 0.6 is 0 Å². The average molecular weight is 288 g/mol. The number of benzene rings is 1. The molecule has 1 aromatic rings. The highest BCUT2D eigenvalue weighted by Gasteiger charge is 2.20. The first-order valence-electron chi connectivity index (χ1n) is 6.26. The lowest BCUT2D eigenvalue weighted by molar-refractivity contribution is 0.546. The predicted molar refractivity (Wildman–Crippen MR) is 73.8 cm³/mol. The van der Waals surface area contributed by atoms with E-state index in [1.54, 1.807) is 19.9 Å². The fraction of sp³-hybridized carbons (Fsp3) is 0.538. The van der Waals surface area contributed by atoms with Crippen LogP contribution in [0.3, 0.4) is 0 Å². The molecule has 0 aliphatic rings. The molecule has 0 aliphatic carbocycles. The Hall–Kier alpha value is -0.980. The van der Waals surface area contributed by atoms with Crippen molar-refractivity contribution in [1.29, 1.82) is 0 Å². The monoisotopic (exact) mass is 288 g/mol. The van der Waals surface area contributed by atoms with Crippen molar-refractivity contribution in [3.05, 3.63) is 29.6 Å². The molecule has 0 atom stereocenters. The highest BCUT2D eigenvalue weighted by Crippen LogP contribution is 2.17. The topological polar surface area (TPSA) is 58.2 Å². The minimum absolute atomic E-state index is 0.276. The van der Waals surface area contributed by atoms with Crippen LogP contribution in [0.1, 0.15) is 33.3 Å². The smallest absolute Gasteiger partial charge is 0.243 e. The molecule has 2 N–H and O–H groups in total. The van der Waals surface area contributed by atoms with E-state index >= 15 is 0 Å². The van der Waals surface area contributed by atoms with E-state index in [1.165, 1.54) is 12.1 Å². The lowest BCUT2D eigenvalue weighted by Gasteiger charge is -2.13. The summed E-state index contributed by atoms with van der Waals surface area (Å²) in [5.74, 6) is -0.735. The van der Waals surface area contributed by atoms with E-state index < -0.39 is 15.8 Å². The van der Waals surface area contributed by atoms with Crippen molar-refractivity contribution >= 4 is 10.0 Å². The van der Waals surface area contributed by atoms with Gasteiger partial charge in [-0.05, 0) is 31.5 Å². The number of sulfonamides is 1. The summed E-state index contributed by atoms with van der Waals surface area (Å²) in [4.78, 5) is -0.302. The number of rotatable bonds is 6. The first-order chi connectivity index (χ1) is 8.72. The maximum absolute atomic E-state index is 13.7. The zero-order chi connectivity index (χ0) is 14.6. The summed E-state index contributed by atoms with van der Waals surface area (Å²) in [5, 5.41) is 3.16. The molecule has 0 saturated carbocycles. The molecule has 1 aromatic carbocycles. The molecule has 0 heterocycles. The molecule has 1 rings (SSSR count). The Morgan fingerprint density at radius 2 is 1.79 bits per heavy atom. The molecule has 0 aromatic heterocycles. The third-order valence-corrected chi connectivity index (χ3v) is 4.06. The number of hydrogen-bond donors (Lipinski definition) is 2. The Morgan fingerprint density at radius 1 is 1.16 bits per heavy atom. The second-order valence-electron chi connectivity index (χ2n) is 5.08. The zero-order valence-electron chi connectivity index (χ0n) is 11.7. The third kappa shape index (κ3) is 4.89. The van der Waals surface area contributed by atoms with Crippen molar-refractivity contribution in [3.63, 3.8) is 0 Å². The number of hydrogen-bond acceptors (Lipinski definition) is 3. The Balaban J connectivity index is 3.03. The minimum Gasteiger partial charge on any atom is -0.310 e. The van der Waals surface area contributed by atoms with Gasteiger partial charge in [0.25, 0.3) is 0 Å². The molecule has 0 fully saturated rings. The van der Waals surface area contributed by atoms with Crippen LogP contribution in [0.2, 0.25) is 0 Å². The molecule has 0 bridgehead atoms. The van der Waals surface area contributed by atoms with Crippen molar-refractivity contribution in [2.24, 2.45) is 0 Å². The summed E-state index contributed by atoms with van der Waals surface area (Å²) in [6, 6.07) is 4.14. The highest BCUT2D eigenvalue weighted by molar-refractivity contribution is 7.89. The largest absolute Gasteiger partial charge is 0.310 e. The maximum atomic E-state index is 13.7. The Kier molecular flexibility index (Phi) is 5.46. The van der Waals surface area contributed by atoms with Crippen molar-refractivity contribution in [2.45, 2.75) is 51.2 Å². The lowest BCUT2D eigenvalue weighted by Crippen LogP contribution is -2.31. The van der Waals surface area contributed by atoms with Gasteiger partial charge in [-0.3, -0.25) is 0 Å². The van der Waals surface area contributed by atoms with Crippen LogP contribution in [0.4, 0.5) is 4.39 Å². The molecule has 108 valence electrons. The van der Waals surface area contributed by atoms with Crippen LogP contribution in [0.5, 0.6) is 0 Å². The zero-order valence-corrected chi connectivity index (χ0v) is 12.5. The molecule has 0 spiro atoms. The van der Waals surface area contributed by atoms with Crippen LogP contribution in [0, 0.1) is 5.82 Å². The minimum atomic E-state index is -3.80. The van der Waals surface area contributed by atoms with Gasteiger partial charge in [0, 0.05) is 18.6 Å². The molecular formula is C13H21FN2O2S. The molecule has 0 radical (unpaired) electrons. The van der Waals surface area contributed by atoms with Crippen LogP contribution in [-0.2, 0) is 16.6 Å². The molecule has 0 saturated heterocycles. The number of halogens is 1. The average Bonchev–Trinajstić information content (AvgIpc) is 2.25. The second kappa shape index (κ2) is 6.45. The Bertz CT molecular complexity index is 527. The summed E-state index contributed by atoms with van der Waals surface area (Å²) >= 11 is 0. The van der Waals surface area contributed by atoms with Gasteiger partial charge < -0.3 is 5.32 Å². The van der Waals surface area contributed by atoms with Crippen LogP contribution in [0.25, 0.3) is 0 Å². The van der Waals surface area contributed by atoms with Gasteiger partial charge in [0.2, 0.25) is 10.0 Å². The summed E-state index contributed by atoms with van der Waals surface area (Å²) in [6.45, 7) is 7.87. The van der Waals surface area contributed by atoms with Crippen molar-refractivity contribution in [2.75, 3.05) is 0 Å².